The molecule has 3 aromatic carbocycles. The molecular formula is C23H24N2O4S2. The monoisotopic (exact) mass is 456 g/mol. The molecule has 0 spiro atoms. The molecule has 8 heteroatoms. The molecule has 0 aliphatic carbocycles. The molecule has 1 aliphatic heterocycles. The summed E-state index contributed by atoms with van der Waals surface area (Å²) in [7, 11) is -3.68. The van der Waals surface area contributed by atoms with Gasteiger partial charge in [0.15, 0.2) is 0 Å². The lowest BCUT2D eigenvalue weighted by molar-refractivity contribution is 0.152. The maximum atomic E-state index is 13.3. The van der Waals surface area contributed by atoms with Crippen LogP contribution in [0.25, 0.3) is 10.8 Å². The number of hydrogen-bond donors (Lipinski definition) is 2. The van der Waals surface area contributed by atoms with E-state index in [0.717, 1.165) is 10.8 Å². The van der Waals surface area contributed by atoms with Gasteiger partial charge in [-0.3, -0.25) is 5.32 Å². The second-order valence-corrected chi connectivity index (χ2v) is 10.2. The topological polar surface area (TPSA) is 75.7 Å². The van der Waals surface area contributed by atoms with Gasteiger partial charge in [-0.1, -0.05) is 48.5 Å². The van der Waals surface area contributed by atoms with Crippen LogP contribution in [0, 0.1) is 0 Å². The third-order valence-corrected chi connectivity index (χ3v) is 7.66. The molecule has 0 radical (unpaired) electrons. The summed E-state index contributed by atoms with van der Waals surface area (Å²) in [5.74, 6) is 0. The Labute approximate surface area is 187 Å². The Bertz CT molecular complexity index is 1170. The number of nitrogens with one attached hydrogen (secondary N) is 1. The number of nitrogens with zero attached hydrogens (tertiary/aromatic N) is 1. The summed E-state index contributed by atoms with van der Waals surface area (Å²) in [6.07, 6.45) is 0.460. The standard InChI is InChI=1S/C23H24N2O4S2/c26-23(24-19-8-2-1-3-9-19)29-13-12-20-15-21(30)16-25(20)31(27,28)22-11-10-17-6-4-5-7-18(17)14-22/h1-11,14,20-21,30H,12-13,15-16H2,(H,24,26)/t20-,21-/m1/s1. The molecule has 1 fully saturated rings. The number of rotatable bonds is 6. The molecule has 31 heavy (non-hydrogen) atoms. The molecular weight excluding hydrogens is 432 g/mol. The molecule has 6 nitrogen and oxygen atoms in total. The minimum atomic E-state index is -3.68. The first-order valence-electron chi connectivity index (χ1n) is 10.1. The Morgan fingerprint density at radius 3 is 2.52 bits per heavy atom. The van der Waals surface area contributed by atoms with Crippen molar-refractivity contribution < 1.29 is 17.9 Å². The molecule has 0 saturated carbocycles. The molecule has 0 unspecified atom stereocenters. The smallest absolute Gasteiger partial charge is 0.411 e. The van der Waals surface area contributed by atoms with Crippen molar-refractivity contribution in [3.8, 4) is 0 Å². The highest BCUT2D eigenvalue weighted by molar-refractivity contribution is 7.89. The van der Waals surface area contributed by atoms with Crippen LogP contribution in [0.15, 0.2) is 77.7 Å². The van der Waals surface area contributed by atoms with Crippen molar-refractivity contribution in [2.75, 3.05) is 18.5 Å². The third-order valence-electron chi connectivity index (χ3n) is 5.37. The van der Waals surface area contributed by atoms with Crippen LogP contribution in [0.4, 0.5) is 10.5 Å². The summed E-state index contributed by atoms with van der Waals surface area (Å²) >= 11 is 4.52. The van der Waals surface area contributed by atoms with Gasteiger partial charge in [0.1, 0.15) is 0 Å². The number of carbonyl (C=O) groups is 1. The van der Waals surface area contributed by atoms with E-state index in [9.17, 15) is 13.2 Å². The Balaban J connectivity index is 1.42. The second-order valence-electron chi connectivity index (χ2n) is 7.54. The van der Waals surface area contributed by atoms with Crippen molar-refractivity contribution >= 4 is 45.2 Å². The van der Waals surface area contributed by atoms with Gasteiger partial charge < -0.3 is 4.74 Å². The van der Waals surface area contributed by atoms with E-state index < -0.39 is 16.1 Å². The third kappa shape index (κ3) is 5.03. The lowest BCUT2D eigenvalue weighted by atomic mass is 10.1. The summed E-state index contributed by atoms with van der Waals surface area (Å²) < 4.78 is 33.5. The van der Waals surface area contributed by atoms with Crippen LogP contribution in [0.1, 0.15) is 12.8 Å². The fourth-order valence-corrected chi connectivity index (χ4v) is 6.12. The number of carbonyl (C=O) groups excluding carboxylic acids is 1. The number of fused-ring (bicyclic) bond motifs is 1. The minimum Gasteiger partial charge on any atom is -0.449 e. The quantitative estimate of drug-likeness (QED) is 0.534. The molecule has 2 atom stereocenters. The average Bonchev–Trinajstić information content (AvgIpc) is 3.15. The van der Waals surface area contributed by atoms with Gasteiger partial charge in [-0.2, -0.15) is 16.9 Å². The molecule has 0 bridgehead atoms. The van der Waals surface area contributed by atoms with Crippen molar-refractivity contribution in [2.45, 2.75) is 29.0 Å². The predicted molar refractivity (Wildman–Crippen MR) is 125 cm³/mol. The van der Waals surface area contributed by atoms with Crippen LogP contribution in [0.2, 0.25) is 0 Å². The highest BCUT2D eigenvalue weighted by atomic mass is 32.2. The Kier molecular flexibility index (Phi) is 6.50. The van der Waals surface area contributed by atoms with Gasteiger partial charge in [0.25, 0.3) is 0 Å². The van der Waals surface area contributed by atoms with Crippen LogP contribution in [-0.2, 0) is 14.8 Å². The number of benzene rings is 3. The molecule has 4 rings (SSSR count). The molecule has 1 amide bonds. The predicted octanol–water partition coefficient (Wildman–Crippen LogP) is 4.54. The summed E-state index contributed by atoms with van der Waals surface area (Å²) in [5, 5.41) is 4.46. The number of anilines is 1. The number of ether oxygens (including phenoxy) is 1. The molecule has 1 heterocycles. The van der Waals surface area contributed by atoms with E-state index in [1.54, 1.807) is 24.3 Å². The molecule has 1 saturated heterocycles. The van der Waals surface area contributed by atoms with Crippen LogP contribution in [0.5, 0.6) is 0 Å². The van der Waals surface area contributed by atoms with Gasteiger partial charge in [0, 0.05) is 23.5 Å². The van der Waals surface area contributed by atoms with Crippen molar-refractivity contribution in [1.29, 1.82) is 0 Å². The largest absolute Gasteiger partial charge is 0.449 e. The Morgan fingerprint density at radius 2 is 1.74 bits per heavy atom. The fraction of sp³-hybridized carbons (Fsp3) is 0.261. The number of thiol groups is 1. The van der Waals surface area contributed by atoms with Crippen LogP contribution in [-0.4, -0.2) is 43.3 Å². The molecule has 1 N–H and O–H groups in total. The van der Waals surface area contributed by atoms with E-state index in [0.29, 0.717) is 25.1 Å². The lowest BCUT2D eigenvalue weighted by Crippen LogP contribution is -2.36. The summed E-state index contributed by atoms with van der Waals surface area (Å²) in [5.41, 5.74) is 0.643. The van der Waals surface area contributed by atoms with Gasteiger partial charge in [0.05, 0.1) is 11.5 Å². The lowest BCUT2D eigenvalue weighted by Gasteiger charge is -2.24. The number of amides is 1. The maximum absolute atomic E-state index is 13.3. The summed E-state index contributed by atoms with van der Waals surface area (Å²) in [4.78, 5) is 12.3. The van der Waals surface area contributed by atoms with Crippen molar-refractivity contribution in [2.24, 2.45) is 0 Å². The van der Waals surface area contributed by atoms with E-state index >= 15 is 0 Å². The van der Waals surface area contributed by atoms with E-state index in [1.165, 1.54) is 4.31 Å². The Hall–Kier alpha value is -2.55. The second kappa shape index (κ2) is 9.30. The minimum absolute atomic E-state index is 0.0571. The van der Waals surface area contributed by atoms with E-state index in [2.05, 4.69) is 17.9 Å². The summed E-state index contributed by atoms with van der Waals surface area (Å²) in [6.45, 7) is 0.451. The van der Waals surface area contributed by atoms with Crippen molar-refractivity contribution in [3.05, 3.63) is 72.8 Å². The van der Waals surface area contributed by atoms with Gasteiger partial charge in [0.2, 0.25) is 10.0 Å². The first-order valence-corrected chi connectivity index (χ1v) is 12.1. The van der Waals surface area contributed by atoms with E-state index in [4.69, 9.17) is 4.74 Å². The fourth-order valence-electron chi connectivity index (χ4n) is 3.85. The SMILES string of the molecule is O=C(Nc1ccccc1)OCC[C@@H]1C[C@@H](S)CN1S(=O)(=O)c1ccc2ccccc2c1. The van der Waals surface area contributed by atoms with Crippen molar-refractivity contribution in [3.63, 3.8) is 0 Å². The molecule has 162 valence electrons. The number of sulfonamides is 1. The van der Waals surface area contributed by atoms with Crippen LogP contribution < -0.4 is 5.32 Å². The summed E-state index contributed by atoms with van der Waals surface area (Å²) in [6, 6.07) is 21.6. The van der Waals surface area contributed by atoms with Gasteiger partial charge in [-0.15, -0.1) is 0 Å². The van der Waals surface area contributed by atoms with Crippen molar-refractivity contribution in [1.82, 2.24) is 4.31 Å². The zero-order valence-corrected chi connectivity index (χ0v) is 18.6. The normalized spacial score (nSPS) is 19.4. The van der Waals surface area contributed by atoms with Crippen LogP contribution >= 0.6 is 12.6 Å². The van der Waals surface area contributed by atoms with Gasteiger partial charge in [-0.05, 0) is 47.9 Å². The number of para-hydroxylation sites is 1. The first kappa shape index (κ1) is 21.7. The van der Waals surface area contributed by atoms with Gasteiger partial charge >= 0.3 is 6.09 Å². The van der Waals surface area contributed by atoms with Crippen LogP contribution in [0.3, 0.4) is 0 Å². The molecule has 0 aromatic heterocycles. The van der Waals surface area contributed by atoms with Gasteiger partial charge in [-0.25, -0.2) is 13.2 Å². The molecule has 1 aliphatic rings. The molecule has 3 aromatic rings. The average molecular weight is 457 g/mol. The Morgan fingerprint density at radius 1 is 1.03 bits per heavy atom. The maximum Gasteiger partial charge on any atom is 0.411 e. The highest BCUT2D eigenvalue weighted by Crippen LogP contribution is 2.31. The van der Waals surface area contributed by atoms with E-state index in [1.807, 2.05) is 48.5 Å². The number of hydrogen-bond acceptors (Lipinski definition) is 5. The zero-order valence-electron chi connectivity index (χ0n) is 16.8. The first-order chi connectivity index (χ1) is 14.9. The zero-order chi connectivity index (χ0) is 21.8. The highest BCUT2D eigenvalue weighted by Gasteiger charge is 2.39. The van der Waals surface area contributed by atoms with E-state index in [-0.39, 0.29) is 22.8 Å².